The first-order valence-electron chi connectivity index (χ1n) is 7.10. The van der Waals surface area contributed by atoms with Crippen LogP contribution in [0.5, 0.6) is 0 Å². The lowest BCUT2D eigenvalue weighted by molar-refractivity contribution is 0.328. The molecule has 0 saturated heterocycles. The van der Waals surface area contributed by atoms with Gasteiger partial charge in [-0.25, -0.2) is 4.98 Å². The first kappa shape index (κ1) is 14.1. The SMILES string of the molecule is CC(C)(C)Cc1nc2ccccc2n1CC(C)(C)C. The van der Waals surface area contributed by atoms with Gasteiger partial charge >= 0.3 is 0 Å². The van der Waals surface area contributed by atoms with Crippen molar-refractivity contribution in [2.45, 2.75) is 54.5 Å². The molecule has 2 aromatic rings. The molecule has 0 fully saturated rings. The molecule has 0 amide bonds. The third kappa shape index (κ3) is 3.59. The molecular formula is C17H26N2. The summed E-state index contributed by atoms with van der Waals surface area (Å²) in [6.45, 7) is 14.7. The molecule has 2 heteroatoms. The molecular weight excluding hydrogens is 232 g/mol. The molecule has 2 rings (SSSR count). The lowest BCUT2D eigenvalue weighted by Gasteiger charge is -2.24. The van der Waals surface area contributed by atoms with Crippen LogP contribution in [0.15, 0.2) is 24.3 Å². The van der Waals surface area contributed by atoms with Crippen LogP contribution in [-0.2, 0) is 13.0 Å². The molecule has 0 aliphatic heterocycles. The molecule has 104 valence electrons. The molecule has 1 aromatic carbocycles. The maximum absolute atomic E-state index is 4.85. The Labute approximate surface area is 116 Å². The largest absolute Gasteiger partial charge is 0.327 e. The van der Waals surface area contributed by atoms with E-state index >= 15 is 0 Å². The van der Waals surface area contributed by atoms with Gasteiger partial charge in [-0.1, -0.05) is 53.7 Å². The maximum atomic E-state index is 4.85. The Balaban J connectivity index is 2.52. The number of rotatable bonds is 2. The summed E-state index contributed by atoms with van der Waals surface area (Å²) < 4.78 is 2.40. The van der Waals surface area contributed by atoms with Crippen LogP contribution in [0.25, 0.3) is 11.0 Å². The average Bonchev–Trinajstić information content (AvgIpc) is 2.52. The van der Waals surface area contributed by atoms with Crippen molar-refractivity contribution in [3.8, 4) is 0 Å². The van der Waals surface area contributed by atoms with Gasteiger partial charge in [0.25, 0.3) is 0 Å². The van der Waals surface area contributed by atoms with Crippen LogP contribution >= 0.6 is 0 Å². The van der Waals surface area contributed by atoms with E-state index in [0.29, 0.717) is 0 Å². The van der Waals surface area contributed by atoms with Gasteiger partial charge in [0.1, 0.15) is 5.82 Å². The first-order chi connectivity index (χ1) is 8.66. The monoisotopic (exact) mass is 258 g/mol. The van der Waals surface area contributed by atoms with Gasteiger partial charge in [0.15, 0.2) is 0 Å². The highest BCUT2D eigenvalue weighted by Gasteiger charge is 2.21. The molecule has 0 radical (unpaired) electrons. The van der Waals surface area contributed by atoms with Gasteiger partial charge in [-0.2, -0.15) is 0 Å². The number of nitrogens with zero attached hydrogens (tertiary/aromatic N) is 2. The van der Waals surface area contributed by atoms with E-state index in [9.17, 15) is 0 Å². The summed E-state index contributed by atoms with van der Waals surface area (Å²) in [5, 5.41) is 0. The predicted molar refractivity (Wildman–Crippen MR) is 82.3 cm³/mol. The molecule has 0 spiro atoms. The summed E-state index contributed by atoms with van der Waals surface area (Å²) in [5.74, 6) is 1.21. The van der Waals surface area contributed by atoms with Crippen LogP contribution in [0, 0.1) is 10.8 Å². The Morgan fingerprint density at radius 3 is 2.16 bits per heavy atom. The van der Waals surface area contributed by atoms with Crippen molar-refractivity contribution in [3.05, 3.63) is 30.1 Å². The summed E-state index contributed by atoms with van der Waals surface area (Å²) in [5.41, 5.74) is 2.90. The second kappa shape index (κ2) is 4.66. The molecule has 0 aliphatic carbocycles. The topological polar surface area (TPSA) is 17.8 Å². The highest BCUT2D eigenvalue weighted by molar-refractivity contribution is 5.75. The van der Waals surface area contributed by atoms with Gasteiger partial charge in [0.2, 0.25) is 0 Å². The molecule has 2 nitrogen and oxygen atoms in total. The van der Waals surface area contributed by atoms with Crippen LogP contribution in [0.4, 0.5) is 0 Å². The summed E-state index contributed by atoms with van der Waals surface area (Å²) in [7, 11) is 0. The van der Waals surface area contributed by atoms with E-state index < -0.39 is 0 Å². The van der Waals surface area contributed by atoms with Crippen molar-refractivity contribution in [1.29, 1.82) is 0 Å². The van der Waals surface area contributed by atoms with E-state index in [1.54, 1.807) is 0 Å². The Bertz CT molecular complexity index is 565. The summed E-state index contributed by atoms with van der Waals surface area (Å²) in [6.07, 6.45) is 1.01. The molecule has 0 unspecified atom stereocenters. The van der Waals surface area contributed by atoms with E-state index in [4.69, 9.17) is 4.98 Å². The lowest BCUT2D eigenvalue weighted by atomic mass is 9.91. The van der Waals surface area contributed by atoms with E-state index in [-0.39, 0.29) is 10.8 Å². The van der Waals surface area contributed by atoms with Gasteiger partial charge in [-0.05, 0) is 23.0 Å². The zero-order valence-corrected chi connectivity index (χ0v) is 13.1. The van der Waals surface area contributed by atoms with Crippen molar-refractivity contribution >= 4 is 11.0 Å². The number of hydrogen-bond acceptors (Lipinski definition) is 1. The number of benzene rings is 1. The maximum Gasteiger partial charge on any atom is 0.110 e. The Kier molecular flexibility index (Phi) is 3.46. The van der Waals surface area contributed by atoms with Crippen molar-refractivity contribution in [1.82, 2.24) is 9.55 Å². The Morgan fingerprint density at radius 1 is 0.947 bits per heavy atom. The molecule has 0 bridgehead atoms. The molecule has 1 heterocycles. The summed E-state index contributed by atoms with van der Waals surface area (Å²) in [6, 6.07) is 8.46. The number of para-hydroxylation sites is 2. The minimum absolute atomic E-state index is 0.260. The second-order valence-corrected chi connectivity index (χ2v) is 7.90. The molecule has 0 N–H and O–H groups in total. The molecule has 0 saturated carbocycles. The van der Waals surface area contributed by atoms with Gasteiger partial charge < -0.3 is 4.57 Å². The normalized spacial score (nSPS) is 13.2. The highest BCUT2D eigenvalue weighted by atomic mass is 15.1. The van der Waals surface area contributed by atoms with Crippen molar-refractivity contribution in [2.75, 3.05) is 0 Å². The van der Waals surface area contributed by atoms with Crippen LogP contribution in [0.3, 0.4) is 0 Å². The minimum Gasteiger partial charge on any atom is -0.327 e. The smallest absolute Gasteiger partial charge is 0.110 e. The Morgan fingerprint density at radius 2 is 1.58 bits per heavy atom. The number of aromatic nitrogens is 2. The van der Waals surface area contributed by atoms with Crippen molar-refractivity contribution in [2.24, 2.45) is 10.8 Å². The molecule has 0 atom stereocenters. The van der Waals surface area contributed by atoms with Gasteiger partial charge in [0, 0.05) is 13.0 Å². The van der Waals surface area contributed by atoms with Crippen molar-refractivity contribution in [3.63, 3.8) is 0 Å². The molecule has 0 aliphatic rings. The fourth-order valence-corrected chi connectivity index (χ4v) is 2.39. The van der Waals surface area contributed by atoms with Crippen LogP contribution in [-0.4, -0.2) is 9.55 Å². The second-order valence-electron chi connectivity index (χ2n) is 7.90. The number of hydrogen-bond donors (Lipinski definition) is 0. The molecule has 19 heavy (non-hydrogen) atoms. The third-order valence-corrected chi connectivity index (χ3v) is 3.05. The minimum atomic E-state index is 0.260. The van der Waals surface area contributed by atoms with Crippen molar-refractivity contribution < 1.29 is 0 Å². The third-order valence-electron chi connectivity index (χ3n) is 3.05. The number of fused-ring (bicyclic) bond motifs is 1. The fraction of sp³-hybridized carbons (Fsp3) is 0.588. The van der Waals surface area contributed by atoms with Gasteiger partial charge in [-0.3, -0.25) is 0 Å². The van der Waals surface area contributed by atoms with E-state index in [2.05, 4.69) is 70.4 Å². The predicted octanol–water partition coefficient (Wildman–Crippen LogP) is 4.67. The summed E-state index contributed by atoms with van der Waals surface area (Å²) >= 11 is 0. The lowest BCUT2D eigenvalue weighted by Crippen LogP contribution is -2.20. The molecule has 1 aromatic heterocycles. The van der Waals surface area contributed by atoms with E-state index in [0.717, 1.165) is 18.5 Å². The van der Waals surface area contributed by atoms with E-state index in [1.165, 1.54) is 11.3 Å². The highest BCUT2D eigenvalue weighted by Crippen LogP contribution is 2.27. The van der Waals surface area contributed by atoms with Crippen LogP contribution in [0.2, 0.25) is 0 Å². The van der Waals surface area contributed by atoms with Gasteiger partial charge in [0.05, 0.1) is 11.0 Å². The van der Waals surface area contributed by atoms with Gasteiger partial charge in [-0.15, -0.1) is 0 Å². The van der Waals surface area contributed by atoms with E-state index in [1.807, 2.05) is 0 Å². The average molecular weight is 258 g/mol. The first-order valence-corrected chi connectivity index (χ1v) is 7.10. The number of imidazole rings is 1. The standard InChI is InChI=1S/C17H26N2/c1-16(2,3)11-15-18-13-9-7-8-10-14(13)19(15)12-17(4,5)6/h7-10H,11-12H2,1-6H3. The zero-order valence-electron chi connectivity index (χ0n) is 13.1. The fourth-order valence-electron chi connectivity index (χ4n) is 2.39. The zero-order chi connectivity index (χ0) is 14.3. The Hall–Kier alpha value is -1.31. The summed E-state index contributed by atoms with van der Waals surface area (Å²) in [4.78, 5) is 4.85. The quantitative estimate of drug-likeness (QED) is 0.765. The van der Waals surface area contributed by atoms with Crippen LogP contribution < -0.4 is 0 Å². The van der Waals surface area contributed by atoms with Crippen LogP contribution in [0.1, 0.15) is 47.4 Å².